The minimum Gasteiger partial charge on any atom is -0.484 e. The van der Waals surface area contributed by atoms with E-state index in [4.69, 9.17) is 14.0 Å². The lowest BCUT2D eigenvalue weighted by Crippen LogP contribution is -2.03. The second-order valence-corrected chi connectivity index (χ2v) is 5.66. The molecule has 3 aromatic rings. The number of ether oxygens (including phenoxy) is 2. The molecule has 0 radical (unpaired) electrons. The number of aryl methyl sites for hydroxylation is 2. The summed E-state index contributed by atoms with van der Waals surface area (Å²) in [5.41, 5.74) is 2.11. The van der Waals surface area contributed by atoms with Gasteiger partial charge in [-0.3, -0.25) is 0 Å². The molecule has 0 N–H and O–H groups in total. The van der Waals surface area contributed by atoms with Crippen molar-refractivity contribution in [2.45, 2.75) is 20.5 Å². The molecule has 0 saturated heterocycles. The molecule has 2 aromatic carbocycles. The van der Waals surface area contributed by atoms with Gasteiger partial charge in [0.25, 0.3) is 5.89 Å². The smallest absolute Gasteiger partial charge is 0.336 e. The molecule has 0 fully saturated rings. The summed E-state index contributed by atoms with van der Waals surface area (Å²) in [5, 5.41) is 3.69. The topological polar surface area (TPSA) is 74.5 Å². The van der Waals surface area contributed by atoms with Crippen LogP contribution < -0.4 is 9.47 Å². The average molecular weight is 350 g/mol. The first kappa shape index (κ1) is 17.4. The van der Waals surface area contributed by atoms with Crippen molar-refractivity contribution in [1.29, 1.82) is 0 Å². The predicted molar refractivity (Wildman–Crippen MR) is 95.7 cm³/mol. The molecule has 6 heteroatoms. The van der Waals surface area contributed by atoms with Gasteiger partial charge < -0.3 is 14.0 Å². The van der Waals surface area contributed by atoms with E-state index in [-0.39, 0.29) is 6.61 Å². The summed E-state index contributed by atoms with van der Waals surface area (Å²) in [4.78, 5) is 15.9. The second-order valence-electron chi connectivity index (χ2n) is 5.66. The molecular weight excluding hydrogens is 332 g/mol. The Balaban J connectivity index is 1.51. The van der Waals surface area contributed by atoms with Gasteiger partial charge in [0.15, 0.2) is 12.4 Å². The summed E-state index contributed by atoms with van der Waals surface area (Å²) >= 11 is 0. The Morgan fingerprint density at radius 1 is 1.04 bits per heavy atom. The third kappa shape index (κ3) is 5.04. The molecule has 0 bridgehead atoms. The van der Waals surface area contributed by atoms with Gasteiger partial charge in [0.05, 0.1) is 0 Å². The number of benzene rings is 2. The van der Waals surface area contributed by atoms with Gasteiger partial charge in [0.2, 0.25) is 0 Å². The molecule has 0 aliphatic rings. The van der Waals surface area contributed by atoms with Gasteiger partial charge in [0, 0.05) is 6.08 Å². The van der Waals surface area contributed by atoms with Gasteiger partial charge in [-0.15, -0.1) is 0 Å². The van der Waals surface area contributed by atoms with Crippen LogP contribution in [0.2, 0.25) is 0 Å². The monoisotopic (exact) mass is 350 g/mol. The van der Waals surface area contributed by atoms with Crippen LogP contribution in [0.15, 0.2) is 59.1 Å². The maximum absolute atomic E-state index is 11.9. The van der Waals surface area contributed by atoms with Crippen molar-refractivity contribution in [2.24, 2.45) is 0 Å². The Kier molecular flexibility index (Phi) is 5.43. The summed E-state index contributed by atoms with van der Waals surface area (Å²) in [5.74, 6) is 1.56. The van der Waals surface area contributed by atoms with Gasteiger partial charge >= 0.3 is 5.97 Å². The van der Waals surface area contributed by atoms with E-state index in [0.29, 0.717) is 23.2 Å². The van der Waals surface area contributed by atoms with E-state index in [1.807, 2.05) is 31.2 Å². The van der Waals surface area contributed by atoms with E-state index in [0.717, 1.165) is 5.56 Å². The number of esters is 1. The molecule has 0 spiro atoms. The number of carbonyl (C=O) groups excluding carboxylic acids is 1. The lowest BCUT2D eigenvalue weighted by atomic mass is 10.1. The molecule has 0 aliphatic heterocycles. The Morgan fingerprint density at radius 3 is 2.38 bits per heavy atom. The Bertz CT molecular complexity index is 896. The van der Waals surface area contributed by atoms with Gasteiger partial charge in [-0.25, -0.2) is 4.79 Å². The van der Waals surface area contributed by atoms with Gasteiger partial charge in [-0.1, -0.05) is 35.0 Å². The zero-order valence-electron chi connectivity index (χ0n) is 14.5. The number of nitrogens with zero attached hydrogens (tertiary/aromatic N) is 2. The Hall–Kier alpha value is -3.41. The zero-order chi connectivity index (χ0) is 18.4. The number of hydrogen-bond acceptors (Lipinski definition) is 6. The van der Waals surface area contributed by atoms with Crippen LogP contribution in [0.1, 0.15) is 22.8 Å². The Morgan fingerprint density at radius 2 is 1.73 bits per heavy atom. The molecular formula is C20H18N2O4. The van der Waals surface area contributed by atoms with Crippen LogP contribution in [-0.2, 0) is 11.4 Å². The Labute approximate surface area is 151 Å². The zero-order valence-corrected chi connectivity index (χ0v) is 14.5. The molecule has 0 unspecified atom stereocenters. The van der Waals surface area contributed by atoms with Gasteiger partial charge in [-0.05, 0) is 49.8 Å². The van der Waals surface area contributed by atoms with Crippen LogP contribution in [0, 0.1) is 13.8 Å². The lowest BCUT2D eigenvalue weighted by molar-refractivity contribution is -0.128. The van der Waals surface area contributed by atoms with E-state index in [1.54, 1.807) is 37.3 Å². The fourth-order valence-electron chi connectivity index (χ4n) is 2.14. The van der Waals surface area contributed by atoms with Crippen LogP contribution in [0.5, 0.6) is 11.5 Å². The fourth-order valence-corrected chi connectivity index (χ4v) is 2.14. The fraction of sp³-hybridized carbons (Fsp3) is 0.150. The molecule has 0 amide bonds. The molecule has 6 nitrogen and oxygen atoms in total. The SMILES string of the molecule is Cc1ccc(/C=C/C(=O)Oc2ccc(OCc3nc(C)no3)cc2)cc1. The average Bonchev–Trinajstić information content (AvgIpc) is 3.06. The minimum absolute atomic E-state index is 0.180. The highest BCUT2D eigenvalue weighted by atomic mass is 16.5. The van der Waals surface area contributed by atoms with E-state index in [9.17, 15) is 4.79 Å². The van der Waals surface area contributed by atoms with Crippen molar-refractivity contribution in [3.05, 3.63) is 77.4 Å². The van der Waals surface area contributed by atoms with Crippen molar-refractivity contribution in [3.8, 4) is 11.5 Å². The second kappa shape index (κ2) is 8.11. The van der Waals surface area contributed by atoms with Crippen LogP contribution >= 0.6 is 0 Å². The van der Waals surface area contributed by atoms with Gasteiger partial charge in [-0.2, -0.15) is 4.98 Å². The highest BCUT2D eigenvalue weighted by Crippen LogP contribution is 2.19. The van der Waals surface area contributed by atoms with Crippen LogP contribution in [0.4, 0.5) is 0 Å². The van der Waals surface area contributed by atoms with Crippen molar-refractivity contribution in [3.63, 3.8) is 0 Å². The van der Waals surface area contributed by atoms with Crippen molar-refractivity contribution >= 4 is 12.0 Å². The third-order valence-corrected chi connectivity index (χ3v) is 3.46. The highest BCUT2D eigenvalue weighted by Gasteiger charge is 2.05. The van der Waals surface area contributed by atoms with Crippen LogP contribution in [-0.4, -0.2) is 16.1 Å². The standard InChI is InChI=1S/C20H18N2O4/c1-14-3-5-16(6-4-14)7-12-20(23)25-18-10-8-17(9-11-18)24-13-19-21-15(2)22-26-19/h3-12H,13H2,1-2H3/b12-7+. The maximum atomic E-state index is 11.9. The summed E-state index contributed by atoms with van der Waals surface area (Å²) in [6, 6.07) is 14.6. The number of carbonyl (C=O) groups is 1. The van der Waals surface area contributed by atoms with E-state index < -0.39 is 5.97 Å². The number of rotatable bonds is 6. The predicted octanol–water partition coefficient (Wildman–Crippen LogP) is 3.88. The molecule has 132 valence electrons. The molecule has 1 aromatic heterocycles. The van der Waals surface area contributed by atoms with E-state index in [1.165, 1.54) is 11.6 Å². The first-order chi connectivity index (χ1) is 12.6. The van der Waals surface area contributed by atoms with Crippen molar-refractivity contribution in [1.82, 2.24) is 10.1 Å². The summed E-state index contributed by atoms with van der Waals surface area (Å²) in [7, 11) is 0. The number of aromatic nitrogens is 2. The molecule has 0 aliphatic carbocycles. The van der Waals surface area contributed by atoms with Gasteiger partial charge in [0.1, 0.15) is 11.5 Å². The first-order valence-corrected chi connectivity index (χ1v) is 8.07. The molecule has 1 heterocycles. The quantitative estimate of drug-likeness (QED) is 0.381. The maximum Gasteiger partial charge on any atom is 0.336 e. The molecule has 26 heavy (non-hydrogen) atoms. The lowest BCUT2D eigenvalue weighted by Gasteiger charge is -2.05. The molecule has 0 saturated carbocycles. The van der Waals surface area contributed by atoms with Crippen LogP contribution in [0.3, 0.4) is 0 Å². The largest absolute Gasteiger partial charge is 0.484 e. The van der Waals surface area contributed by atoms with Crippen molar-refractivity contribution < 1.29 is 18.8 Å². The number of hydrogen-bond donors (Lipinski definition) is 0. The first-order valence-electron chi connectivity index (χ1n) is 8.07. The summed E-state index contributed by atoms with van der Waals surface area (Å²) in [6.07, 6.45) is 3.11. The third-order valence-electron chi connectivity index (χ3n) is 3.46. The molecule has 0 atom stereocenters. The minimum atomic E-state index is -0.444. The summed E-state index contributed by atoms with van der Waals surface area (Å²) < 4.78 is 15.8. The summed E-state index contributed by atoms with van der Waals surface area (Å²) in [6.45, 7) is 3.93. The van der Waals surface area contributed by atoms with Crippen LogP contribution in [0.25, 0.3) is 6.08 Å². The van der Waals surface area contributed by atoms with E-state index >= 15 is 0 Å². The highest BCUT2D eigenvalue weighted by molar-refractivity contribution is 5.88. The van der Waals surface area contributed by atoms with Crippen molar-refractivity contribution in [2.75, 3.05) is 0 Å². The van der Waals surface area contributed by atoms with E-state index in [2.05, 4.69) is 10.1 Å². The molecule has 3 rings (SSSR count). The normalized spacial score (nSPS) is 10.8.